The summed E-state index contributed by atoms with van der Waals surface area (Å²) in [5, 5.41) is 0. The molecule has 4 heteroatoms. The predicted molar refractivity (Wildman–Crippen MR) is 71.9 cm³/mol. The standard InChI is InChI=1S/C12H11BrN2S/c1-2-8-3-5-9(6-4-8)11-14-7-10(13)12(16)15-11/h3-7H,2H2,1H3,(H,14,15,16). The highest BCUT2D eigenvalue weighted by Gasteiger charge is 2.00. The third kappa shape index (κ3) is 2.39. The molecule has 2 rings (SSSR count). The SMILES string of the molecule is CCc1ccc(-c2ncc(Br)c(=S)[nH]2)cc1. The molecule has 0 spiro atoms. The Morgan fingerprint density at radius 2 is 2.00 bits per heavy atom. The Bertz CT molecular complexity index is 546. The molecule has 1 aromatic heterocycles. The summed E-state index contributed by atoms with van der Waals surface area (Å²) in [5.74, 6) is 0.802. The Morgan fingerprint density at radius 1 is 1.31 bits per heavy atom. The van der Waals surface area contributed by atoms with Crippen molar-refractivity contribution in [1.29, 1.82) is 0 Å². The van der Waals surface area contributed by atoms with E-state index in [0.717, 1.165) is 22.3 Å². The quantitative estimate of drug-likeness (QED) is 0.844. The molecule has 0 saturated heterocycles. The number of nitrogens with one attached hydrogen (secondary N) is 1. The van der Waals surface area contributed by atoms with Crippen molar-refractivity contribution >= 4 is 28.1 Å². The summed E-state index contributed by atoms with van der Waals surface area (Å²) in [6.45, 7) is 2.14. The Morgan fingerprint density at radius 3 is 2.56 bits per heavy atom. The summed E-state index contributed by atoms with van der Waals surface area (Å²) < 4.78 is 1.49. The third-order valence-electron chi connectivity index (χ3n) is 2.39. The summed E-state index contributed by atoms with van der Waals surface area (Å²) in [6, 6.07) is 8.33. The van der Waals surface area contributed by atoms with Gasteiger partial charge in [-0.2, -0.15) is 0 Å². The van der Waals surface area contributed by atoms with Gasteiger partial charge in [0.15, 0.2) is 0 Å². The molecular weight excluding hydrogens is 284 g/mol. The van der Waals surface area contributed by atoms with E-state index in [1.165, 1.54) is 5.56 Å². The molecule has 1 aromatic carbocycles. The first-order chi connectivity index (χ1) is 7.70. The van der Waals surface area contributed by atoms with Crippen LogP contribution in [0, 0.1) is 4.64 Å². The molecule has 16 heavy (non-hydrogen) atoms. The predicted octanol–water partition coefficient (Wildman–Crippen LogP) is 4.13. The molecule has 0 unspecified atom stereocenters. The van der Waals surface area contributed by atoms with Crippen molar-refractivity contribution in [3.63, 3.8) is 0 Å². The van der Waals surface area contributed by atoms with Gasteiger partial charge in [0.2, 0.25) is 0 Å². The van der Waals surface area contributed by atoms with Gasteiger partial charge >= 0.3 is 0 Å². The Labute approximate surface area is 108 Å². The second kappa shape index (κ2) is 4.89. The summed E-state index contributed by atoms with van der Waals surface area (Å²) in [5.41, 5.74) is 2.37. The number of hydrogen-bond acceptors (Lipinski definition) is 2. The average molecular weight is 295 g/mol. The Hall–Kier alpha value is -1.00. The van der Waals surface area contributed by atoms with Crippen molar-refractivity contribution in [3.8, 4) is 11.4 Å². The van der Waals surface area contributed by atoms with Crippen LogP contribution >= 0.6 is 28.1 Å². The largest absolute Gasteiger partial charge is 0.330 e. The van der Waals surface area contributed by atoms with E-state index >= 15 is 0 Å². The molecular formula is C12H11BrN2S. The van der Waals surface area contributed by atoms with E-state index < -0.39 is 0 Å². The molecule has 0 aliphatic rings. The molecule has 0 aliphatic carbocycles. The van der Waals surface area contributed by atoms with E-state index in [4.69, 9.17) is 12.2 Å². The minimum absolute atomic E-state index is 0.671. The first-order valence-electron chi connectivity index (χ1n) is 5.05. The van der Waals surface area contributed by atoms with Crippen molar-refractivity contribution < 1.29 is 0 Å². The Kier molecular flexibility index (Phi) is 3.51. The van der Waals surface area contributed by atoms with E-state index in [2.05, 4.69) is 57.1 Å². The lowest BCUT2D eigenvalue weighted by Gasteiger charge is -2.02. The highest BCUT2D eigenvalue weighted by molar-refractivity contribution is 9.10. The smallest absolute Gasteiger partial charge is 0.138 e. The van der Waals surface area contributed by atoms with E-state index in [9.17, 15) is 0 Å². The van der Waals surface area contributed by atoms with Gasteiger partial charge in [0, 0.05) is 11.8 Å². The zero-order chi connectivity index (χ0) is 11.5. The van der Waals surface area contributed by atoms with Gasteiger partial charge in [-0.1, -0.05) is 43.4 Å². The molecule has 82 valence electrons. The first-order valence-corrected chi connectivity index (χ1v) is 6.25. The molecule has 0 fully saturated rings. The summed E-state index contributed by atoms with van der Waals surface area (Å²) in [4.78, 5) is 7.38. The van der Waals surface area contributed by atoms with Gasteiger partial charge in [0.05, 0.1) is 4.47 Å². The van der Waals surface area contributed by atoms with E-state index in [-0.39, 0.29) is 0 Å². The molecule has 0 amide bonds. The number of halogens is 1. The lowest BCUT2D eigenvalue weighted by atomic mass is 10.1. The van der Waals surface area contributed by atoms with Crippen LogP contribution in [0.2, 0.25) is 0 Å². The van der Waals surface area contributed by atoms with Crippen molar-refractivity contribution in [1.82, 2.24) is 9.97 Å². The fourth-order valence-electron chi connectivity index (χ4n) is 1.42. The number of rotatable bonds is 2. The second-order valence-electron chi connectivity index (χ2n) is 3.46. The van der Waals surface area contributed by atoms with Crippen LogP contribution in [0.4, 0.5) is 0 Å². The van der Waals surface area contributed by atoms with Gasteiger partial charge in [-0.25, -0.2) is 4.98 Å². The van der Waals surface area contributed by atoms with Gasteiger partial charge < -0.3 is 4.98 Å². The number of aromatic nitrogens is 2. The van der Waals surface area contributed by atoms with Crippen LogP contribution in [-0.2, 0) is 6.42 Å². The number of H-pyrrole nitrogens is 1. The van der Waals surface area contributed by atoms with Crippen LogP contribution in [0.15, 0.2) is 34.9 Å². The summed E-state index contributed by atoms with van der Waals surface area (Å²) >= 11 is 8.47. The lowest BCUT2D eigenvalue weighted by molar-refractivity contribution is 1.12. The zero-order valence-corrected chi connectivity index (χ0v) is 11.2. The topological polar surface area (TPSA) is 28.7 Å². The minimum atomic E-state index is 0.671. The van der Waals surface area contributed by atoms with Crippen LogP contribution < -0.4 is 0 Å². The van der Waals surface area contributed by atoms with Crippen molar-refractivity contribution in [2.24, 2.45) is 0 Å². The maximum atomic E-state index is 5.15. The number of benzene rings is 1. The molecule has 0 saturated carbocycles. The number of nitrogens with zero attached hydrogens (tertiary/aromatic N) is 1. The summed E-state index contributed by atoms with van der Waals surface area (Å²) in [7, 11) is 0. The van der Waals surface area contributed by atoms with Gasteiger partial charge in [-0.15, -0.1) is 0 Å². The molecule has 0 atom stereocenters. The van der Waals surface area contributed by atoms with Crippen molar-refractivity contribution in [2.75, 3.05) is 0 Å². The molecule has 2 nitrogen and oxygen atoms in total. The van der Waals surface area contributed by atoms with Gasteiger partial charge in [0.25, 0.3) is 0 Å². The maximum absolute atomic E-state index is 5.15. The number of aromatic amines is 1. The highest BCUT2D eigenvalue weighted by atomic mass is 79.9. The summed E-state index contributed by atoms with van der Waals surface area (Å²) in [6.07, 6.45) is 2.77. The van der Waals surface area contributed by atoms with E-state index in [1.54, 1.807) is 6.20 Å². The Balaban J connectivity index is 2.42. The van der Waals surface area contributed by atoms with Gasteiger partial charge in [-0.3, -0.25) is 0 Å². The maximum Gasteiger partial charge on any atom is 0.138 e. The highest BCUT2D eigenvalue weighted by Crippen LogP contribution is 2.17. The van der Waals surface area contributed by atoms with E-state index in [1.807, 2.05) is 0 Å². The van der Waals surface area contributed by atoms with Gasteiger partial charge in [-0.05, 0) is 27.9 Å². The minimum Gasteiger partial charge on any atom is -0.330 e. The second-order valence-corrected chi connectivity index (χ2v) is 4.72. The lowest BCUT2D eigenvalue weighted by Crippen LogP contribution is -1.90. The molecule has 1 heterocycles. The van der Waals surface area contributed by atoms with Gasteiger partial charge in [0.1, 0.15) is 10.5 Å². The van der Waals surface area contributed by atoms with Crippen LogP contribution in [0.3, 0.4) is 0 Å². The zero-order valence-electron chi connectivity index (χ0n) is 8.83. The van der Waals surface area contributed by atoms with Crippen LogP contribution in [0.25, 0.3) is 11.4 Å². The van der Waals surface area contributed by atoms with Crippen molar-refractivity contribution in [3.05, 3.63) is 45.1 Å². The van der Waals surface area contributed by atoms with E-state index in [0.29, 0.717) is 4.64 Å². The molecule has 0 radical (unpaired) electrons. The first kappa shape index (κ1) is 11.5. The third-order valence-corrected chi connectivity index (χ3v) is 3.58. The van der Waals surface area contributed by atoms with Crippen LogP contribution in [0.1, 0.15) is 12.5 Å². The average Bonchev–Trinajstić information content (AvgIpc) is 2.33. The van der Waals surface area contributed by atoms with Crippen LogP contribution in [-0.4, -0.2) is 9.97 Å². The molecule has 2 aromatic rings. The molecule has 0 aliphatic heterocycles. The number of aryl methyl sites for hydroxylation is 1. The van der Waals surface area contributed by atoms with Crippen LogP contribution in [0.5, 0.6) is 0 Å². The number of hydrogen-bond donors (Lipinski definition) is 1. The fourth-order valence-corrected chi connectivity index (χ4v) is 1.78. The molecule has 0 bridgehead atoms. The fraction of sp³-hybridized carbons (Fsp3) is 0.167. The van der Waals surface area contributed by atoms with Crippen molar-refractivity contribution in [2.45, 2.75) is 13.3 Å². The normalized spacial score (nSPS) is 10.4. The molecule has 1 N–H and O–H groups in total. The monoisotopic (exact) mass is 294 g/mol.